The molecule has 0 atom stereocenters. The van der Waals surface area contributed by atoms with E-state index in [-0.39, 0.29) is 0 Å². The molecule has 0 aliphatic carbocycles. The summed E-state index contributed by atoms with van der Waals surface area (Å²) in [7, 11) is 0. The summed E-state index contributed by atoms with van der Waals surface area (Å²) >= 11 is 0. The van der Waals surface area contributed by atoms with Gasteiger partial charge in [-0.25, -0.2) is 0 Å². The molecule has 0 radical (unpaired) electrons. The lowest BCUT2D eigenvalue weighted by atomic mass is 9.97. The standard InChI is InChI=1S/C46H33N3/c1-4-5-7-10-31(2)34-13-15-37(16-14-34)39-21-23-44-42(27-39)43-28-40(38-19-17-36(18-20-38)35-11-8-6-9-12-35)22-24-45(43)49(44)46-32(3)25-33(29-47)26-41(46)30-48/h4-28H,2H2,1,3H3/b5-4-,10-7-. The Bertz CT molecular complexity index is 2510. The molecule has 0 amide bonds. The zero-order chi connectivity index (χ0) is 33.9. The highest BCUT2D eigenvalue weighted by Crippen LogP contribution is 2.39. The van der Waals surface area contributed by atoms with Crippen LogP contribution in [0.3, 0.4) is 0 Å². The maximum Gasteiger partial charge on any atom is 0.101 e. The highest BCUT2D eigenvalue weighted by Gasteiger charge is 2.19. The Kier molecular flexibility index (Phi) is 8.34. The van der Waals surface area contributed by atoms with Crippen LogP contribution in [-0.2, 0) is 0 Å². The van der Waals surface area contributed by atoms with Gasteiger partial charge in [-0.15, -0.1) is 0 Å². The summed E-state index contributed by atoms with van der Waals surface area (Å²) in [6.45, 7) is 8.19. The van der Waals surface area contributed by atoms with E-state index in [2.05, 4.69) is 132 Å². The first-order valence-electron chi connectivity index (χ1n) is 16.3. The summed E-state index contributed by atoms with van der Waals surface area (Å²) < 4.78 is 2.18. The zero-order valence-electron chi connectivity index (χ0n) is 27.5. The topological polar surface area (TPSA) is 52.5 Å². The third-order valence-electron chi connectivity index (χ3n) is 9.05. The smallest absolute Gasteiger partial charge is 0.101 e. The van der Waals surface area contributed by atoms with Gasteiger partial charge in [-0.3, -0.25) is 0 Å². The predicted octanol–water partition coefficient (Wildman–Crippen LogP) is 12.0. The second-order valence-corrected chi connectivity index (χ2v) is 12.1. The average molecular weight is 628 g/mol. The number of nitrogens with zero attached hydrogens (tertiary/aromatic N) is 3. The first-order chi connectivity index (χ1) is 24.0. The molecule has 49 heavy (non-hydrogen) atoms. The third kappa shape index (κ3) is 5.87. The average Bonchev–Trinajstić information content (AvgIpc) is 3.47. The van der Waals surface area contributed by atoms with Gasteiger partial charge >= 0.3 is 0 Å². The van der Waals surface area contributed by atoms with Crippen LogP contribution in [0.15, 0.2) is 158 Å². The molecule has 0 bridgehead atoms. The molecule has 1 aromatic heterocycles. The van der Waals surface area contributed by atoms with Crippen molar-refractivity contribution in [2.24, 2.45) is 0 Å². The van der Waals surface area contributed by atoms with Crippen molar-refractivity contribution < 1.29 is 0 Å². The molecule has 0 N–H and O–H groups in total. The highest BCUT2D eigenvalue weighted by atomic mass is 15.0. The molecule has 3 heteroatoms. The fraction of sp³-hybridized carbons (Fsp3) is 0.0435. The van der Waals surface area contributed by atoms with Crippen LogP contribution in [0.2, 0.25) is 0 Å². The van der Waals surface area contributed by atoms with Crippen LogP contribution < -0.4 is 0 Å². The molecule has 1 heterocycles. The number of hydrogen-bond acceptors (Lipinski definition) is 2. The number of aromatic nitrogens is 1. The van der Waals surface area contributed by atoms with Crippen molar-refractivity contribution in [3.8, 4) is 51.2 Å². The molecular formula is C46H33N3. The quantitative estimate of drug-likeness (QED) is 0.165. The fourth-order valence-corrected chi connectivity index (χ4v) is 6.59. The van der Waals surface area contributed by atoms with Crippen LogP contribution in [-0.4, -0.2) is 4.57 Å². The summed E-state index contributed by atoms with van der Waals surface area (Å²) in [4.78, 5) is 0. The van der Waals surface area contributed by atoms with E-state index in [9.17, 15) is 10.5 Å². The Morgan fingerprint density at radius 1 is 0.612 bits per heavy atom. The van der Waals surface area contributed by atoms with Crippen molar-refractivity contribution in [3.63, 3.8) is 0 Å². The van der Waals surface area contributed by atoms with Crippen molar-refractivity contribution in [1.82, 2.24) is 4.57 Å². The molecule has 0 saturated heterocycles. The Morgan fingerprint density at radius 2 is 1.14 bits per heavy atom. The minimum Gasteiger partial charge on any atom is -0.308 e. The molecule has 0 unspecified atom stereocenters. The fourth-order valence-electron chi connectivity index (χ4n) is 6.59. The van der Waals surface area contributed by atoms with E-state index >= 15 is 0 Å². The van der Waals surface area contributed by atoms with E-state index in [1.165, 1.54) is 11.1 Å². The number of fused-ring (bicyclic) bond motifs is 3. The number of rotatable bonds is 7. The van der Waals surface area contributed by atoms with Gasteiger partial charge in [-0.2, -0.15) is 10.5 Å². The van der Waals surface area contributed by atoms with Crippen molar-refractivity contribution in [2.45, 2.75) is 13.8 Å². The maximum absolute atomic E-state index is 10.2. The Labute approximate surface area is 287 Å². The van der Waals surface area contributed by atoms with Gasteiger partial charge in [0.05, 0.1) is 33.9 Å². The molecule has 0 aliphatic heterocycles. The summed E-state index contributed by atoms with van der Waals surface area (Å²) in [5, 5.41) is 22.0. The SMILES string of the molecule is C=C(/C=C\C=C/C)c1ccc(-c2ccc3c(c2)c2cc(-c4ccc(-c5ccccc5)cc4)ccc2n3-c2c(C)cc(C#N)cc2C#N)cc1. The van der Waals surface area contributed by atoms with Crippen LogP contribution >= 0.6 is 0 Å². The lowest BCUT2D eigenvalue weighted by Crippen LogP contribution is -2.01. The second kappa shape index (κ2) is 13.2. The van der Waals surface area contributed by atoms with E-state index in [1.54, 1.807) is 6.07 Å². The minimum atomic E-state index is 0.472. The molecule has 7 aromatic rings. The van der Waals surface area contributed by atoms with Crippen LogP contribution in [0, 0.1) is 29.6 Å². The first kappa shape index (κ1) is 30.9. The van der Waals surface area contributed by atoms with Crippen molar-refractivity contribution >= 4 is 27.4 Å². The summed E-state index contributed by atoms with van der Waals surface area (Å²) in [5.74, 6) is 0. The zero-order valence-corrected chi connectivity index (χ0v) is 27.5. The largest absolute Gasteiger partial charge is 0.308 e. The number of benzene rings is 6. The van der Waals surface area contributed by atoms with Crippen LogP contribution in [0.4, 0.5) is 0 Å². The molecule has 6 aromatic carbocycles. The molecule has 0 fully saturated rings. The molecule has 232 valence electrons. The van der Waals surface area contributed by atoms with Crippen LogP contribution in [0.25, 0.3) is 66.4 Å². The molecular weight excluding hydrogens is 595 g/mol. The maximum atomic E-state index is 10.2. The lowest BCUT2D eigenvalue weighted by molar-refractivity contribution is 1.13. The van der Waals surface area contributed by atoms with Gasteiger partial charge in [0.25, 0.3) is 0 Å². The third-order valence-corrected chi connectivity index (χ3v) is 9.05. The molecule has 7 rings (SSSR count). The van der Waals surface area contributed by atoms with E-state index in [0.717, 1.165) is 66.4 Å². The Morgan fingerprint density at radius 3 is 1.69 bits per heavy atom. The van der Waals surface area contributed by atoms with Crippen LogP contribution in [0.5, 0.6) is 0 Å². The van der Waals surface area contributed by atoms with E-state index in [0.29, 0.717) is 11.1 Å². The minimum absolute atomic E-state index is 0.472. The summed E-state index contributed by atoms with van der Waals surface area (Å²) in [6, 6.07) is 48.8. The molecule has 0 aliphatic rings. The number of allylic oxidation sites excluding steroid dienone is 5. The molecule has 3 nitrogen and oxygen atoms in total. The number of hydrogen-bond donors (Lipinski definition) is 0. The van der Waals surface area contributed by atoms with Gasteiger partial charge in [0.1, 0.15) is 6.07 Å². The summed E-state index contributed by atoms with van der Waals surface area (Å²) in [6.07, 6.45) is 8.01. The van der Waals surface area contributed by atoms with Crippen molar-refractivity contribution in [1.29, 1.82) is 10.5 Å². The lowest BCUT2D eigenvalue weighted by Gasteiger charge is -2.14. The Balaban J connectivity index is 1.39. The van der Waals surface area contributed by atoms with Crippen molar-refractivity contribution in [2.75, 3.05) is 0 Å². The van der Waals surface area contributed by atoms with Gasteiger partial charge in [0.15, 0.2) is 0 Å². The van der Waals surface area contributed by atoms with Gasteiger partial charge in [-0.05, 0) is 100 Å². The number of nitriles is 2. The van der Waals surface area contributed by atoms with E-state index < -0.39 is 0 Å². The second-order valence-electron chi connectivity index (χ2n) is 12.1. The monoisotopic (exact) mass is 627 g/mol. The normalized spacial score (nSPS) is 11.3. The van der Waals surface area contributed by atoms with Gasteiger partial charge in [0, 0.05) is 10.8 Å². The van der Waals surface area contributed by atoms with Crippen molar-refractivity contribution in [3.05, 3.63) is 181 Å². The van der Waals surface area contributed by atoms with Gasteiger partial charge in [0.2, 0.25) is 0 Å². The van der Waals surface area contributed by atoms with E-state index in [4.69, 9.17) is 0 Å². The summed E-state index contributed by atoms with van der Waals surface area (Å²) in [5.41, 5.74) is 13.5. The predicted molar refractivity (Wildman–Crippen MR) is 204 cm³/mol. The van der Waals surface area contributed by atoms with Gasteiger partial charge in [-0.1, -0.05) is 122 Å². The first-order valence-corrected chi connectivity index (χ1v) is 16.3. The van der Waals surface area contributed by atoms with Gasteiger partial charge < -0.3 is 4.57 Å². The van der Waals surface area contributed by atoms with E-state index in [1.807, 2.05) is 50.3 Å². The molecule has 0 spiro atoms. The van der Waals surface area contributed by atoms with Crippen LogP contribution in [0.1, 0.15) is 29.2 Å². The molecule has 0 saturated carbocycles. The Hall–Kier alpha value is -6.68. The highest BCUT2D eigenvalue weighted by molar-refractivity contribution is 6.12. The number of aryl methyl sites for hydroxylation is 1.